The Balaban J connectivity index is 1.32. The van der Waals surface area contributed by atoms with Crippen LogP contribution in [0.2, 0.25) is 0 Å². The van der Waals surface area contributed by atoms with Crippen molar-refractivity contribution in [3.8, 4) is 11.5 Å². The summed E-state index contributed by atoms with van der Waals surface area (Å²) in [6, 6.07) is 12.0. The van der Waals surface area contributed by atoms with Crippen molar-refractivity contribution in [1.82, 2.24) is 4.90 Å². The summed E-state index contributed by atoms with van der Waals surface area (Å²) in [6.07, 6.45) is 3.03. The summed E-state index contributed by atoms with van der Waals surface area (Å²) in [5, 5.41) is 7.27. The van der Waals surface area contributed by atoms with Crippen molar-refractivity contribution in [2.75, 3.05) is 47.1 Å². The number of likely N-dealkylation sites (tertiary alicyclic amines) is 1. The molecule has 0 aromatic heterocycles. The number of ether oxygens (including phenoxy) is 2. The van der Waals surface area contributed by atoms with Gasteiger partial charge in [-0.25, -0.2) is 4.39 Å². The molecule has 9 nitrogen and oxygen atoms in total. The van der Waals surface area contributed by atoms with Crippen molar-refractivity contribution in [2.45, 2.75) is 19.3 Å². The van der Waals surface area contributed by atoms with Crippen molar-refractivity contribution >= 4 is 11.7 Å². The van der Waals surface area contributed by atoms with Crippen molar-refractivity contribution < 1.29 is 23.5 Å². The fourth-order valence-electron chi connectivity index (χ4n) is 3.88. The zero-order valence-electron chi connectivity index (χ0n) is 20.3. The average Bonchev–Trinajstić information content (AvgIpc) is 2.87. The second-order valence-electron chi connectivity index (χ2n) is 8.28. The Bertz CT molecular complexity index is 992. The molecule has 1 aliphatic heterocycles. The molecule has 4 N–H and O–H groups in total. The Morgan fingerprint density at radius 1 is 0.943 bits per heavy atom. The summed E-state index contributed by atoms with van der Waals surface area (Å²) in [6.45, 7) is 4.21. The van der Waals surface area contributed by atoms with Crippen LogP contribution >= 0.6 is 0 Å². The molecule has 0 bridgehead atoms. The smallest absolute Gasteiger partial charge is 0.173 e. The van der Waals surface area contributed by atoms with Crippen LogP contribution in [0.5, 0.6) is 11.5 Å². The molecule has 0 saturated carbocycles. The van der Waals surface area contributed by atoms with Gasteiger partial charge in [-0.15, -0.1) is 0 Å². The number of oxime groups is 2. The van der Waals surface area contributed by atoms with Crippen LogP contribution in [0.15, 0.2) is 52.8 Å². The van der Waals surface area contributed by atoms with Gasteiger partial charge >= 0.3 is 0 Å². The van der Waals surface area contributed by atoms with Crippen molar-refractivity contribution in [1.29, 1.82) is 0 Å². The molecule has 0 aliphatic carbocycles. The van der Waals surface area contributed by atoms with E-state index in [-0.39, 0.29) is 11.4 Å². The summed E-state index contributed by atoms with van der Waals surface area (Å²) >= 11 is 0. The van der Waals surface area contributed by atoms with Gasteiger partial charge in [0.1, 0.15) is 31.5 Å². The van der Waals surface area contributed by atoms with Gasteiger partial charge in [0.2, 0.25) is 0 Å². The van der Waals surface area contributed by atoms with E-state index < -0.39 is 5.82 Å². The van der Waals surface area contributed by atoms with Gasteiger partial charge in [-0.2, -0.15) is 0 Å². The second-order valence-corrected chi connectivity index (χ2v) is 8.28. The van der Waals surface area contributed by atoms with Gasteiger partial charge in [0.05, 0.1) is 18.8 Å². The van der Waals surface area contributed by atoms with Crippen LogP contribution in [-0.4, -0.2) is 63.6 Å². The van der Waals surface area contributed by atoms with Gasteiger partial charge in [0.25, 0.3) is 0 Å². The van der Waals surface area contributed by atoms with Crippen LogP contribution < -0.4 is 20.9 Å². The van der Waals surface area contributed by atoms with E-state index in [4.69, 9.17) is 20.9 Å². The molecule has 2 aromatic carbocycles. The average molecular weight is 488 g/mol. The maximum Gasteiger partial charge on any atom is 0.173 e. The van der Waals surface area contributed by atoms with E-state index in [1.165, 1.54) is 20.3 Å². The SMILES string of the molecule is CON=C(N)c1ccc(OCCCN2CCC(COc3ccc(C(N)=NOC)c(F)c3)CC2)cc1. The predicted octanol–water partition coefficient (Wildman–Crippen LogP) is 2.92. The molecule has 0 spiro atoms. The van der Waals surface area contributed by atoms with Gasteiger partial charge in [0, 0.05) is 18.2 Å². The molecule has 35 heavy (non-hydrogen) atoms. The summed E-state index contributed by atoms with van der Waals surface area (Å²) in [7, 11) is 2.82. The van der Waals surface area contributed by atoms with E-state index in [1.54, 1.807) is 12.1 Å². The summed E-state index contributed by atoms with van der Waals surface area (Å²) in [5.41, 5.74) is 12.4. The normalized spacial score (nSPS) is 15.6. The van der Waals surface area contributed by atoms with E-state index >= 15 is 0 Å². The number of nitrogens with two attached hydrogens (primary N) is 2. The Kier molecular flexibility index (Phi) is 9.97. The predicted molar refractivity (Wildman–Crippen MR) is 133 cm³/mol. The van der Waals surface area contributed by atoms with E-state index in [2.05, 4.69) is 24.9 Å². The highest BCUT2D eigenvalue weighted by Crippen LogP contribution is 2.22. The van der Waals surface area contributed by atoms with Crippen LogP contribution in [0, 0.1) is 11.7 Å². The standard InChI is InChI=1S/C25H34FN5O4/c1-32-29-24(27)19-4-6-20(7-5-19)34-15-3-12-31-13-10-18(11-14-31)17-35-21-8-9-22(23(26)16-21)25(28)30-33-2/h4-9,16,18H,3,10-15,17H2,1-2H3,(H2,27,29)(H2,28,30). The molecule has 1 heterocycles. The number of amidine groups is 2. The van der Waals surface area contributed by atoms with Crippen molar-refractivity contribution in [2.24, 2.45) is 27.7 Å². The topological polar surface area (TPSA) is 117 Å². The Morgan fingerprint density at radius 3 is 2.26 bits per heavy atom. The summed E-state index contributed by atoms with van der Waals surface area (Å²) in [4.78, 5) is 11.7. The zero-order valence-corrected chi connectivity index (χ0v) is 20.3. The summed E-state index contributed by atoms with van der Waals surface area (Å²) < 4.78 is 25.9. The maximum absolute atomic E-state index is 14.2. The molecule has 0 unspecified atom stereocenters. The van der Waals surface area contributed by atoms with Crippen LogP contribution in [0.25, 0.3) is 0 Å². The van der Waals surface area contributed by atoms with Crippen LogP contribution in [0.4, 0.5) is 4.39 Å². The first kappa shape index (κ1) is 26.1. The van der Waals surface area contributed by atoms with Gasteiger partial charge in [-0.3, -0.25) is 0 Å². The second kappa shape index (κ2) is 13.4. The molecule has 0 radical (unpaired) electrons. The molecule has 10 heteroatoms. The molecule has 0 atom stereocenters. The molecule has 1 fully saturated rings. The zero-order chi connectivity index (χ0) is 25.0. The fourth-order valence-corrected chi connectivity index (χ4v) is 3.88. The molecular weight excluding hydrogens is 453 g/mol. The Hall–Kier alpha value is -3.53. The van der Waals surface area contributed by atoms with Gasteiger partial charge in [0.15, 0.2) is 11.7 Å². The number of halogens is 1. The lowest BCUT2D eigenvalue weighted by Crippen LogP contribution is -2.36. The third kappa shape index (κ3) is 8.03. The lowest BCUT2D eigenvalue weighted by Gasteiger charge is -2.31. The fraction of sp³-hybridized carbons (Fsp3) is 0.440. The molecular formula is C25H34FN5O4. The van der Waals surface area contributed by atoms with Crippen molar-refractivity contribution in [3.05, 3.63) is 59.4 Å². The lowest BCUT2D eigenvalue weighted by atomic mass is 9.97. The molecule has 3 rings (SSSR count). The minimum atomic E-state index is -0.488. The Morgan fingerprint density at radius 2 is 1.60 bits per heavy atom. The van der Waals surface area contributed by atoms with Gasteiger partial charge in [-0.05, 0) is 74.7 Å². The number of hydrogen-bond acceptors (Lipinski definition) is 7. The van der Waals surface area contributed by atoms with E-state index in [9.17, 15) is 4.39 Å². The molecule has 190 valence electrons. The highest BCUT2D eigenvalue weighted by Gasteiger charge is 2.20. The lowest BCUT2D eigenvalue weighted by molar-refractivity contribution is 0.135. The van der Waals surface area contributed by atoms with Crippen LogP contribution in [0.3, 0.4) is 0 Å². The van der Waals surface area contributed by atoms with Crippen LogP contribution in [-0.2, 0) is 9.68 Å². The van der Waals surface area contributed by atoms with E-state index in [0.29, 0.717) is 30.7 Å². The first-order valence-electron chi connectivity index (χ1n) is 11.6. The van der Waals surface area contributed by atoms with Gasteiger partial charge < -0.3 is 35.5 Å². The highest BCUT2D eigenvalue weighted by molar-refractivity contribution is 5.97. The Labute approximate surface area is 205 Å². The molecule has 1 saturated heterocycles. The van der Waals surface area contributed by atoms with E-state index in [1.807, 2.05) is 24.3 Å². The molecule has 1 aliphatic rings. The number of benzene rings is 2. The molecule has 0 amide bonds. The van der Waals surface area contributed by atoms with E-state index in [0.717, 1.165) is 50.2 Å². The first-order valence-corrected chi connectivity index (χ1v) is 11.6. The van der Waals surface area contributed by atoms with Crippen LogP contribution in [0.1, 0.15) is 30.4 Å². The van der Waals surface area contributed by atoms with Gasteiger partial charge in [-0.1, -0.05) is 10.3 Å². The minimum Gasteiger partial charge on any atom is -0.494 e. The number of piperidine rings is 1. The number of rotatable bonds is 12. The molecule has 2 aromatic rings. The van der Waals surface area contributed by atoms with Crippen molar-refractivity contribution in [3.63, 3.8) is 0 Å². The summed E-state index contributed by atoms with van der Waals surface area (Å²) in [5.74, 6) is 1.56. The third-order valence-corrected chi connectivity index (χ3v) is 5.83. The first-order chi connectivity index (χ1) is 17.0. The number of hydrogen-bond donors (Lipinski definition) is 2. The third-order valence-electron chi connectivity index (χ3n) is 5.83. The maximum atomic E-state index is 14.2. The quantitative estimate of drug-likeness (QED) is 0.205. The highest BCUT2D eigenvalue weighted by atomic mass is 19.1. The largest absolute Gasteiger partial charge is 0.494 e. The monoisotopic (exact) mass is 487 g/mol. The minimum absolute atomic E-state index is 0.00895. The number of nitrogens with zero attached hydrogens (tertiary/aromatic N) is 3.